The molecule has 1 N–H and O–H groups in total. The SMILES string of the molecule is CCc1ccc(NC(=O)c2cc(=O)c3ccc(C)c(C)c3o2)cc1. The van der Waals surface area contributed by atoms with E-state index in [9.17, 15) is 9.59 Å². The van der Waals surface area contributed by atoms with Gasteiger partial charge >= 0.3 is 0 Å². The summed E-state index contributed by atoms with van der Waals surface area (Å²) in [5, 5.41) is 3.25. The minimum atomic E-state index is -0.431. The summed E-state index contributed by atoms with van der Waals surface area (Å²) in [6.07, 6.45) is 0.937. The van der Waals surface area contributed by atoms with Crippen molar-refractivity contribution in [3.8, 4) is 0 Å². The van der Waals surface area contributed by atoms with E-state index in [2.05, 4.69) is 12.2 Å². The van der Waals surface area contributed by atoms with E-state index in [-0.39, 0.29) is 11.2 Å². The van der Waals surface area contributed by atoms with Gasteiger partial charge in [0, 0.05) is 11.8 Å². The van der Waals surface area contributed by atoms with Crippen LogP contribution in [0.4, 0.5) is 5.69 Å². The summed E-state index contributed by atoms with van der Waals surface area (Å²) in [7, 11) is 0. The molecule has 0 saturated heterocycles. The third-order valence-corrected chi connectivity index (χ3v) is 4.26. The lowest BCUT2D eigenvalue weighted by Gasteiger charge is -2.08. The highest BCUT2D eigenvalue weighted by atomic mass is 16.3. The number of rotatable bonds is 3. The molecule has 0 aliphatic heterocycles. The number of nitrogens with one attached hydrogen (secondary N) is 1. The van der Waals surface area contributed by atoms with Crippen LogP contribution in [-0.2, 0) is 6.42 Å². The van der Waals surface area contributed by atoms with Gasteiger partial charge in [-0.15, -0.1) is 0 Å². The van der Waals surface area contributed by atoms with E-state index in [4.69, 9.17) is 4.42 Å². The molecule has 0 fully saturated rings. The summed E-state index contributed by atoms with van der Waals surface area (Å²) in [6.45, 7) is 5.89. The first-order chi connectivity index (χ1) is 11.5. The van der Waals surface area contributed by atoms with Crippen molar-refractivity contribution in [2.24, 2.45) is 0 Å². The maximum atomic E-state index is 12.4. The van der Waals surface area contributed by atoms with E-state index < -0.39 is 5.91 Å². The number of hydrogen-bond donors (Lipinski definition) is 1. The van der Waals surface area contributed by atoms with Crippen molar-refractivity contribution < 1.29 is 9.21 Å². The standard InChI is InChI=1S/C20H19NO3/c1-4-14-6-8-15(9-7-14)21-20(23)18-11-17(22)16-10-5-12(2)13(3)19(16)24-18/h5-11H,4H2,1-3H3,(H,21,23). The molecule has 0 aliphatic rings. The van der Waals surface area contributed by atoms with Crippen molar-refractivity contribution in [3.63, 3.8) is 0 Å². The summed E-state index contributed by atoms with van der Waals surface area (Å²) in [6, 6.07) is 12.4. The van der Waals surface area contributed by atoms with E-state index in [1.165, 1.54) is 11.6 Å². The van der Waals surface area contributed by atoms with E-state index in [0.717, 1.165) is 17.5 Å². The van der Waals surface area contributed by atoms with E-state index >= 15 is 0 Å². The first-order valence-corrected chi connectivity index (χ1v) is 7.94. The highest BCUT2D eigenvalue weighted by Crippen LogP contribution is 2.21. The monoisotopic (exact) mass is 321 g/mol. The normalized spacial score (nSPS) is 10.8. The molecule has 0 aliphatic carbocycles. The minimum Gasteiger partial charge on any atom is -0.450 e. The fourth-order valence-electron chi connectivity index (χ4n) is 2.58. The van der Waals surface area contributed by atoms with Crippen molar-refractivity contribution in [3.05, 3.63) is 75.1 Å². The number of anilines is 1. The van der Waals surface area contributed by atoms with Gasteiger partial charge in [-0.05, 0) is 55.2 Å². The van der Waals surface area contributed by atoms with E-state index in [1.54, 1.807) is 6.07 Å². The van der Waals surface area contributed by atoms with Crippen LogP contribution in [0.1, 0.15) is 34.2 Å². The lowest BCUT2D eigenvalue weighted by molar-refractivity contribution is 0.0997. The minimum absolute atomic E-state index is 0.0146. The highest BCUT2D eigenvalue weighted by molar-refractivity contribution is 6.03. The number of amides is 1. The van der Waals surface area contributed by atoms with E-state index in [1.807, 2.05) is 44.2 Å². The molecule has 4 heteroatoms. The van der Waals surface area contributed by atoms with Crippen molar-refractivity contribution in [2.75, 3.05) is 5.32 Å². The molecule has 1 amide bonds. The first kappa shape index (κ1) is 16.0. The van der Waals surface area contributed by atoms with Crippen LogP contribution in [-0.4, -0.2) is 5.91 Å². The average Bonchev–Trinajstić information content (AvgIpc) is 2.59. The Morgan fingerprint density at radius 2 is 1.79 bits per heavy atom. The second kappa shape index (κ2) is 6.32. The lowest BCUT2D eigenvalue weighted by atomic mass is 10.1. The van der Waals surface area contributed by atoms with Crippen molar-refractivity contribution in [1.82, 2.24) is 0 Å². The van der Waals surface area contributed by atoms with Crippen molar-refractivity contribution in [1.29, 1.82) is 0 Å². The summed E-state index contributed by atoms with van der Waals surface area (Å²) in [5.74, 6) is -0.417. The molecule has 0 unspecified atom stereocenters. The molecule has 1 aromatic heterocycles. The lowest BCUT2D eigenvalue weighted by Crippen LogP contribution is -2.15. The van der Waals surface area contributed by atoms with Crippen LogP contribution < -0.4 is 10.7 Å². The summed E-state index contributed by atoms with van der Waals surface area (Å²) >= 11 is 0. The van der Waals surface area contributed by atoms with Crippen LogP contribution in [0.15, 0.2) is 51.7 Å². The van der Waals surface area contributed by atoms with Crippen LogP contribution in [0.2, 0.25) is 0 Å². The van der Waals surface area contributed by atoms with Crippen LogP contribution in [0.3, 0.4) is 0 Å². The van der Waals surface area contributed by atoms with Gasteiger partial charge in [0.25, 0.3) is 5.91 Å². The van der Waals surface area contributed by atoms with Crippen LogP contribution in [0.5, 0.6) is 0 Å². The summed E-state index contributed by atoms with van der Waals surface area (Å²) in [4.78, 5) is 24.7. The number of carbonyl (C=O) groups is 1. The molecular formula is C20H19NO3. The molecule has 0 saturated carbocycles. The van der Waals surface area contributed by atoms with Crippen LogP contribution in [0, 0.1) is 13.8 Å². The maximum Gasteiger partial charge on any atom is 0.291 e. The molecular weight excluding hydrogens is 302 g/mol. The van der Waals surface area contributed by atoms with Gasteiger partial charge in [0.2, 0.25) is 0 Å². The third kappa shape index (κ3) is 2.95. The van der Waals surface area contributed by atoms with E-state index in [0.29, 0.717) is 16.7 Å². The molecule has 0 spiro atoms. The zero-order chi connectivity index (χ0) is 17.3. The van der Waals surface area contributed by atoms with Gasteiger partial charge in [-0.2, -0.15) is 0 Å². The number of fused-ring (bicyclic) bond motifs is 1. The van der Waals surface area contributed by atoms with Crippen molar-refractivity contribution >= 4 is 22.6 Å². The Hall–Kier alpha value is -2.88. The van der Waals surface area contributed by atoms with Gasteiger partial charge in [-0.1, -0.05) is 25.1 Å². The number of hydrogen-bond acceptors (Lipinski definition) is 3. The first-order valence-electron chi connectivity index (χ1n) is 7.94. The highest BCUT2D eigenvalue weighted by Gasteiger charge is 2.14. The third-order valence-electron chi connectivity index (χ3n) is 4.26. The molecule has 1 heterocycles. The van der Waals surface area contributed by atoms with Crippen LogP contribution in [0.25, 0.3) is 11.0 Å². The number of carbonyl (C=O) groups excluding carboxylic acids is 1. The Kier molecular flexibility index (Phi) is 4.21. The molecule has 0 radical (unpaired) electrons. The Bertz CT molecular complexity index is 969. The molecule has 0 bridgehead atoms. The van der Waals surface area contributed by atoms with Gasteiger partial charge in [-0.25, -0.2) is 0 Å². The van der Waals surface area contributed by atoms with Gasteiger partial charge in [0.1, 0.15) is 5.58 Å². The zero-order valence-electron chi connectivity index (χ0n) is 14.0. The Morgan fingerprint density at radius 1 is 1.08 bits per heavy atom. The Balaban J connectivity index is 1.97. The van der Waals surface area contributed by atoms with Gasteiger partial charge < -0.3 is 9.73 Å². The average molecular weight is 321 g/mol. The van der Waals surface area contributed by atoms with Gasteiger partial charge in [-0.3, -0.25) is 9.59 Å². The van der Waals surface area contributed by atoms with Gasteiger partial charge in [0.05, 0.1) is 5.39 Å². The maximum absolute atomic E-state index is 12.4. The smallest absolute Gasteiger partial charge is 0.291 e. The van der Waals surface area contributed by atoms with Crippen LogP contribution >= 0.6 is 0 Å². The quantitative estimate of drug-likeness (QED) is 0.785. The molecule has 122 valence electrons. The van der Waals surface area contributed by atoms with Gasteiger partial charge in [0.15, 0.2) is 11.2 Å². The zero-order valence-corrected chi connectivity index (χ0v) is 14.0. The Morgan fingerprint density at radius 3 is 2.46 bits per heavy atom. The predicted molar refractivity (Wildman–Crippen MR) is 95.7 cm³/mol. The molecule has 3 aromatic rings. The van der Waals surface area contributed by atoms with Crippen molar-refractivity contribution in [2.45, 2.75) is 27.2 Å². The molecule has 2 aromatic carbocycles. The second-order valence-corrected chi connectivity index (χ2v) is 5.86. The molecule has 0 atom stereocenters. The predicted octanol–water partition coefficient (Wildman–Crippen LogP) is 4.22. The fraction of sp³-hybridized carbons (Fsp3) is 0.200. The topological polar surface area (TPSA) is 59.3 Å². The molecule has 4 nitrogen and oxygen atoms in total. The second-order valence-electron chi connectivity index (χ2n) is 5.86. The summed E-state index contributed by atoms with van der Waals surface area (Å²) < 4.78 is 5.72. The largest absolute Gasteiger partial charge is 0.450 e. The molecule has 24 heavy (non-hydrogen) atoms. The summed E-state index contributed by atoms with van der Waals surface area (Å²) in [5.41, 5.74) is 3.99. The number of benzene rings is 2. The number of aryl methyl sites for hydroxylation is 3. The fourth-order valence-corrected chi connectivity index (χ4v) is 2.58. The molecule has 3 rings (SSSR count). The Labute approximate surface area is 140 Å².